The van der Waals surface area contributed by atoms with Crippen molar-refractivity contribution in [1.29, 1.82) is 0 Å². The molecular formula is C15H29NO2. The van der Waals surface area contributed by atoms with Gasteiger partial charge in [0.15, 0.2) is 0 Å². The normalized spacial score (nSPS) is 23.2. The van der Waals surface area contributed by atoms with E-state index in [0.717, 1.165) is 31.2 Å². The van der Waals surface area contributed by atoms with Gasteiger partial charge in [0.2, 0.25) is 0 Å². The summed E-state index contributed by atoms with van der Waals surface area (Å²) in [6, 6.07) is 0. The van der Waals surface area contributed by atoms with Crippen molar-refractivity contribution < 1.29 is 9.53 Å². The average Bonchev–Trinajstić information content (AvgIpc) is 2.74. The molecule has 3 heteroatoms. The molecular weight excluding hydrogens is 226 g/mol. The summed E-state index contributed by atoms with van der Waals surface area (Å²) >= 11 is 0. The Morgan fingerprint density at radius 3 is 2.78 bits per heavy atom. The largest absolute Gasteiger partial charge is 0.466 e. The van der Waals surface area contributed by atoms with Crippen molar-refractivity contribution in [1.82, 2.24) is 5.32 Å². The number of nitrogens with one attached hydrogen (secondary N) is 1. The van der Waals surface area contributed by atoms with Crippen LogP contribution < -0.4 is 5.32 Å². The van der Waals surface area contributed by atoms with E-state index in [9.17, 15) is 4.79 Å². The molecule has 0 saturated heterocycles. The van der Waals surface area contributed by atoms with Gasteiger partial charge in [-0.2, -0.15) is 0 Å². The van der Waals surface area contributed by atoms with E-state index in [4.69, 9.17) is 4.74 Å². The minimum absolute atomic E-state index is 0.0506. The number of carbonyl (C=O) groups is 1. The lowest BCUT2D eigenvalue weighted by molar-refractivity contribution is -0.143. The molecule has 1 aliphatic rings. The molecule has 1 rings (SSSR count). The molecule has 2 unspecified atom stereocenters. The molecule has 0 aromatic heterocycles. The summed E-state index contributed by atoms with van der Waals surface area (Å²) in [6.45, 7) is 6.98. The summed E-state index contributed by atoms with van der Waals surface area (Å²) in [5.41, 5.74) is 0. The van der Waals surface area contributed by atoms with E-state index in [0.29, 0.717) is 13.0 Å². The van der Waals surface area contributed by atoms with Gasteiger partial charge in [-0.3, -0.25) is 4.79 Å². The fourth-order valence-corrected chi connectivity index (χ4v) is 2.75. The quantitative estimate of drug-likeness (QED) is 0.508. The van der Waals surface area contributed by atoms with Crippen LogP contribution in [0.5, 0.6) is 0 Å². The van der Waals surface area contributed by atoms with E-state index in [-0.39, 0.29) is 5.97 Å². The van der Waals surface area contributed by atoms with Crippen LogP contribution >= 0.6 is 0 Å². The lowest BCUT2D eigenvalue weighted by atomic mass is 10.1. The summed E-state index contributed by atoms with van der Waals surface area (Å²) in [7, 11) is 0. The summed E-state index contributed by atoms with van der Waals surface area (Å²) < 4.78 is 4.89. The molecule has 1 saturated carbocycles. The molecule has 0 radical (unpaired) electrons. The van der Waals surface area contributed by atoms with Crippen molar-refractivity contribution in [3.8, 4) is 0 Å². The zero-order chi connectivity index (χ0) is 13.2. The Hall–Kier alpha value is -0.570. The van der Waals surface area contributed by atoms with Crippen molar-refractivity contribution in [2.75, 3.05) is 19.7 Å². The Labute approximate surface area is 112 Å². The van der Waals surface area contributed by atoms with Gasteiger partial charge in [0.05, 0.1) is 6.61 Å². The third-order valence-corrected chi connectivity index (χ3v) is 3.78. The molecule has 0 heterocycles. The SMILES string of the molecule is CCOC(=O)CCCCCNCC1CCC(C)C1. The first-order valence-corrected chi connectivity index (χ1v) is 7.58. The zero-order valence-corrected chi connectivity index (χ0v) is 12.0. The Morgan fingerprint density at radius 2 is 2.11 bits per heavy atom. The Kier molecular flexibility index (Phi) is 8.06. The van der Waals surface area contributed by atoms with Crippen molar-refractivity contribution in [3.05, 3.63) is 0 Å². The van der Waals surface area contributed by atoms with Gasteiger partial charge in [-0.15, -0.1) is 0 Å². The smallest absolute Gasteiger partial charge is 0.305 e. The Bertz CT molecular complexity index is 231. The maximum atomic E-state index is 11.1. The Morgan fingerprint density at radius 1 is 1.28 bits per heavy atom. The summed E-state index contributed by atoms with van der Waals surface area (Å²) in [6.07, 6.45) is 8.03. The number of ether oxygens (including phenoxy) is 1. The molecule has 106 valence electrons. The average molecular weight is 255 g/mol. The maximum Gasteiger partial charge on any atom is 0.305 e. The third kappa shape index (κ3) is 7.00. The van der Waals surface area contributed by atoms with E-state index < -0.39 is 0 Å². The van der Waals surface area contributed by atoms with Crippen LogP contribution in [0.4, 0.5) is 0 Å². The fourth-order valence-electron chi connectivity index (χ4n) is 2.75. The molecule has 1 aliphatic carbocycles. The molecule has 18 heavy (non-hydrogen) atoms. The lowest BCUT2D eigenvalue weighted by Crippen LogP contribution is -2.22. The second kappa shape index (κ2) is 9.37. The van der Waals surface area contributed by atoms with Gasteiger partial charge in [0.1, 0.15) is 0 Å². The van der Waals surface area contributed by atoms with E-state index in [2.05, 4.69) is 12.2 Å². The molecule has 1 N–H and O–H groups in total. The molecule has 0 aromatic rings. The standard InChI is InChI=1S/C15H29NO2/c1-3-18-15(17)7-5-4-6-10-16-12-14-9-8-13(2)11-14/h13-14,16H,3-12H2,1-2H3. The van der Waals surface area contributed by atoms with Crippen molar-refractivity contribution >= 4 is 5.97 Å². The second-order valence-electron chi connectivity index (χ2n) is 5.60. The van der Waals surface area contributed by atoms with Crippen molar-refractivity contribution in [3.63, 3.8) is 0 Å². The van der Waals surface area contributed by atoms with E-state index in [1.54, 1.807) is 0 Å². The molecule has 3 nitrogen and oxygen atoms in total. The van der Waals surface area contributed by atoms with Gasteiger partial charge >= 0.3 is 5.97 Å². The first kappa shape index (κ1) is 15.5. The van der Waals surface area contributed by atoms with Crippen LogP contribution in [0.1, 0.15) is 58.8 Å². The Balaban J connectivity index is 1.83. The number of hydrogen-bond donors (Lipinski definition) is 1. The molecule has 2 atom stereocenters. The topological polar surface area (TPSA) is 38.3 Å². The van der Waals surface area contributed by atoms with Crippen LogP contribution in [0.2, 0.25) is 0 Å². The predicted molar refractivity (Wildman–Crippen MR) is 74.5 cm³/mol. The number of unbranched alkanes of at least 4 members (excludes halogenated alkanes) is 2. The van der Waals surface area contributed by atoms with Gasteiger partial charge in [-0.1, -0.05) is 19.8 Å². The van der Waals surface area contributed by atoms with Crippen molar-refractivity contribution in [2.24, 2.45) is 11.8 Å². The first-order chi connectivity index (χ1) is 8.72. The highest BCUT2D eigenvalue weighted by molar-refractivity contribution is 5.69. The van der Waals surface area contributed by atoms with Crippen molar-refractivity contribution in [2.45, 2.75) is 58.8 Å². The van der Waals surface area contributed by atoms with Crippen LogP contribution in [0, 0.1) is 11.8 Å². The van der Waals surface area contributed by atoms with Gasteiger partial charge in [-0.05, 0) is 57.5 Å². The summed E-state index contributed by atoms with van der Waals surface area (Å²) in [5.74, 6) is 1.78. The highest BCUT2D eigenvalue weighted by Crippen LogP contribution is 2.29. The van der Waals surface area contributed by atoms with E-state index in [1.807, 2.05) is 6.92 Å². The highest BCUT2D eigenvalue weighted by atomic mass is 16.5. The minimum Gasteiger partial charge on any atom is -0.466 e. The molecule has 0 bridgehead atoms. The molecule has 0 aromatic carbocycles. The molecule has 1 fully saturated rings. The molecule has 0 amide bonds. The molecule has 0 aliphatic heterocycles. The molecule has 0 spiro atoms. The fraction of sp³-hybridized carbons (Fsp3) is 0.933. The van der Waals surface area contributed by atoms with Gasteiger partial charge < -0.3 is 10.1 Å². The van der Waals surface area contributed by atoms with E-state index in [1.165, 1.54) is 32.2 Å². The van der Waals surface area contributed by atoms with Crippen LogP contribution in [0.3, 0.4) is 0 Å². The number of carbonyl (C=O) groups excluding carboxylic acids is 1. The highest BCUT2D eigenvalue weighted by Gasteiger charge is 2.20. The zero-order valence-electron chi connectivity index (χ0n) is 12.0. The maximum absolute atomic E-state index is 11.1. The monoisotopic (exact) mass is 255 g/mol. The van der Waals surface area contributed by atoms with Crippen LogP contribution in [-0.4, -0.2) is 25.7 Å². The summed E-state index contributed by atoms with van der Waals surface area (Å²) in [4.78, 5) is 11.1. The minimum atomic E-state index is -0.0506. The summed E-state index contributed by atoms with van der Waals surface area (Å²) in [5, 5.41) is 3.54. The van der Waals surface area contributed by atoms with Gasteiger partial charge in [0.25, 0.3) is 0 Å². The third-order valence-electron chi connectivity index (χ3n) is 3.78. The number of esters is 1. The predicted octanol–water partition coefficient (Wildman–Crippen LogP) is 3.14. The van der Waals surface area contributed by atoms with E-state index >= 15 is 0 Å². The van der Waals surface area contributed by atoms with Crippen LogP contribution in [0.15, 0.2) is 0 Å². The second-order valence-corrected chi connectivity index (χ2v) is 5.60. The number of hydrogen-bond acceptors (Lipinski definition) is 3. The lowest BCUT2D eigenvalue weighted by Gasteiger charge is -2.10. The van der Waals surface area contributed by atoms with Gasteiger partial charge in [-0.25, -0.2) is 0 Å². The number of rotatable bonds is 9. The van der Waals surface area contributed by atoms with Gasteiger partial charge in [0, 0.05) is 6.42 Å². The van der Waals surface area contributed by atoms with Crippen LogP contribution in [-0.2, 0) is 9.53 Å². The first-order valence-electron chi connectivity index (χ1n) is 7.58. The van der Waals surface area contributed by atoms with Crippen LogP contribution in [0.25, 0.3) is 0 Å².